The van der Waals surface area contributed by atoms with Gasteiger partial charge in [-0.3, -0.25) is 9.59 Å². The Bertz CT molecular complexity index is 2720. The summed E-state index contributed by atoms with van der Waals surface area (Å²) >= 11 is 3.42. The van der Waals surface area contributed by atoms with Crippen LogP contribution in [0.15, 0.2) is 138 Å². The van der Waals surface area contributed by atoms with Crippen LogP contribution in [0.2, 0.25) is 0 Å². The number of Topliss-reactive ketones (excluding diaryl/α,β-unsaturated/α-hetero) is 2. The minimum absolute atomic E-state index is 0.142. The first-order valence-electron chi connectivity index (χ1n) is 19.9. The van der Waals surface area contributed by atoms with Crippen LogP contribution < -0.4 is 14.9 Å². The Balaban J connectivity index is 0.000000137. The number of ketones is 2. The molecule has 0 aromatic heterocycles. The molecule has 296 valence electrons. The maximum Gasteiger partial charge on any atom is 0.488 e. The largest absolute Gasteiger partial charge is 0.488 e. The van der Waals surface area contributed by atoms with E-state index in [1.807, 2.05) is 60.7 Å². The Hall–Kier alpha value is -6.30. The first kappa shape index (κ1) is 40.5. The second-order valence-electron chi connectivity index (χ2n) is 15.8. The third kappa shape index (κ3) is 8.69. The second kappa shape index (κ2) is 17.1. The van der Waals surface area contributed by atoms with Crippen LogP contribution in [0.1, 0.15) is 74.2 Å². The predicted octanol–water partition coefficient (Wildman–Crippen LogP) is 9.38. The van der Waals surface area contributed by atoms with E-state index < -0.39 is 12.7 Å². The monoisotopic (exact) mass is 854 g/mol. The number of carbonyl (C=O) groups is 2. The molecule has 0 fully saturated rings. The molecule has 6 aromatic carbocycles. The molecule has 60 heavy (non-hydrogen) atoms. The van der Waals surface area contributed by atoms with Gasteiger partial charge in [0.15, 0.2) is 17.3 Å². The van der Waals surface area contributed by atoms with Gasteiger partial charge in [0.25, 0.3) is 0 Å². The lowest BCUT2D eigenvalue weighted by atomic mass is 9.75. The molecule has 2 heterocycles. The standard InChI is InChI=1S/C25H19NO2.C18H15BrO2.C7H6BNO2/c1-26-21-8-4-7-18(13-21)19-9-10-24-22(14-19)23(27)16-25(28-24)12-11-17-5-2-3-6-20(17)15-25;19-14-5-6-17-15(9-14)16(20)11-18(21-17)8-7-12-3-1-2-4-13(12)10-18;9-5-6-2-1-3-7(4-6)8(10)11/h2-10,13-14H,11-12,15-16H2;1-6,9H,7-8,10-11H2;1-4,10-11H. The molecular formula is C50H40BBrN2O6. The van der Waals surface area contributed by atoms with Crippen molar-refractivity contribution in [2.24, 2.45) is 0 Å². The first-order valence-corrected chi connectivity index (χ1v) is 20.7. The fourth-order valence-corrected chi connectivity index (χ4v) is 9.04. The fraction of sp³-hybridized carbons (Fsp3) is 0.200. The fourth-order valence-electron chi connectivity index (χ4n) is 8.68. The topological polar surface area (TPSA) is 121 Å². The molecule has 0 saturated heterocycles. The van der Waals surface area contributed by atoms with E-state index in [0.717, 1.165) is 59.9 Å². The zero-order valence-electron chi connectivity index (χ0n) is 32.7. The maximum atomic E-state index is 13.0. The van der Waals surface area contributed by atoms with Crippen LogP contribution in [-0.4, -0.2) is 39.9 Å². The van der Waals surface area contributed by atoms with Crippen molar-refractivity contribution < 1.29 is 29.1 Å². The number of fused-ring (bicyclic) bond motifs is 4. The van der Waals surface area contributed by atoms with Gasteiger partial charge in [-0.1, -0.05) is 101 Å². The lowest BCUT2D eigenvalue weighted by Gasteiger charge is -2.41. The number of hydrogen-bond donors (Lipinski definition) is 2. The van der Waals surface area contributed by atoms with Crippen LogP contribution in [-0.2, 0) is 25.7 Å². The van der Waals surface area contributed by atoms with Crippen molar-refractivity contribution in [2.45, 2.75) is 62.6 Å². The van der Waals surface area contributed by atoms with E-state index >= 15 is 0 Å². The van der Waals surface area contributed by atoms with Gasteiger partial charge in [0.2, 0.25) is 0 Å². The summed E-state index contributed by atoms with van der Waals surface area (Å²) in [5, 5.41) is 25.8. The zero-order valence-corrected chi connectivity index (χ0v) is 34.3. The summed E-state index contributed by atoms with van der Waals surface area (Å²) in [6.07, 6.45) is 6.20. The molecule has 2 aliphatic carbocycles. The van der Waals surface area contributed by atoms with E-state index in [0.29, 0.717) is 46.4 Å². The summed E-state index contributed by atoms with van der Waals surface area (Å²) in [5.74, 6) is 1.75. The molecule has 2 N–H and O–H groups in total. The van der Waals surface area contributed by atoms with Crippen molar-refractivity contribution >= 4 is 45.8 Å². The van der Waals surface area contributed by atoms with Crippen molar-refractivity contribution in [3.63, 3.8) is 0 Å². The van der Waals surface area contributed by atoms with Gasteiger partial charge in [0, 0.05) is 17.3 Å². The highest BCUT2D eigenvalue weighted by molar-refractivity contribution is 9.10. The highest BCUT2D eigenvalue weighted by Crippen LogP contribution is 2.44. The molecule has 2 atom stereocenters. The van der Waals surface area contributed by atoms with E-state index in [9.17, 15) is 9.59 Å². The molecule has 0 saturated carbocycles. The number of aryl methyl sites for hydroxylation is 2. The van der Waals surface area contributed by atoms with E-state index in [2.05, 4.69) is 69.3 Å². The molecule has 6 aromatic rings. The van der Waals surface area contributed by atoms with Crippen molar-refractivity contribution in [3.05, 3.63) is 188 Å². The van der Waals surface area contributed by atoms with Gasteiger partial charge in [-0.05, 0) is 113 Å². The van der Waals surface area contributed by atoms with Crippen LogP contribution in [0.25, 0.3) is 16.0 Å². The normalized spacial score (nSPS) is 19.1. The molecule has 10 rings (SSSR count). The average molecular weight is 856 g/mol. The maximum absolute atomic E-state index is 13.0. The Labute approximate surface area is 358 Å². The third-order valence-corrected chi connectivity index (χ3v) is 12.2. The molecule has 10 heteroatoms. The number of halogens is 1. The lowest BCUT2D eigenvalue weighted by molar-refractivity contribution is 0.0299. The number of nitriles is 1. The average Bonchev–Trinajstić information content (AvgIpc) is 3.27. The summed E-state index contributed by atoms with van der Waals surface area (Å²) in [6, 6.07) is 44.0. The molecule has 8 nitrogen and oxygen atoms in total. The summed E-state index contributed by atoms with van der Waals surface area (Å²) in [5.41, 5.74) is 9.17. The van der Waals surface area contributed by atoms with Crippen molar-refractivity contribution in [1.82, 2.24) is 0 Å². The van der Waals surface area contributed by atoms with E-state index in [-0.39, 0.29) is 17.2 Å². The summed E-state index contributed by atoms with van der Waals surface area (Å²) < 4.78 is 13.7. The summed E-state index contributed by atoms with van der Waals surface area (Å²) in [4.78, 5) is 29.1. The van der Waals surface area contributed by atoms with Crippen LogP contribution in [0.5, 0.6) is 11.5 Å². The Morgan fingerprint density at radius 1 is 0.633 bits per heavy atom. The van der Waals surface area contributed by atoms with E-state index in [1.165, 1.54) is 28.3 Å². The third-order valence-electron chi connectivity index (χ3n) is 11.7. The number of nitrogens with zero attached hydrogens (tertiary/aromatic N) is 2. The lowest BCUT2D eigenvalue weighted by Crippen LogP contribution is -2.46. The number of rotatable bonds is 2. The van der Waals surface area contributed by atoms with Crippen LogP contribution >= 0.6 is 15.9 Å². The zero-order chi connectivity index (χ0) is 41.9. The molecule has 2 aliphatic heterocycles. The van der Waals surface area contributed by atoms with Gasteiger partial charge >= 0.3 is 7.12 Å². The molecule has 4 aliphatic rings. The van der Waals surface area contributed by atoms with Crippen molar-refractivity contribution in [2.75, 3.05) is 0 Å². The SMILES string of the molecule is N#Cc1cccc(B(O)O)c1.O=C1CC2(CCc3ccccc3C2)Oc2ccc(Br)cc21.[C-]#[N+]c1cccc(-c2ccc3c(c2)C(=O)CC2(CCc4ccccc4C2)O3)c1. The second-order valence-corrected chi connectivity index (χ2v) is 16.7. The van der Waals surface area contributed by atoms with Crippen molar-refractivity contribution in [3.8, 4) is 28.7 Å². The Kier molecular flexibility index (Phi) is 11.6. The van der Waals surface area contributed by atoms with Gasteiger partial charge in [-0.25, -0.2) is 4.85 Å². The number of carbonyl (C=O) groups excluding carboxylic acids is 2. The highest BCUT2D eigenvalue weighted by Gasteiger charge is 2.44. The van der Waals surface area contributed by atoms with Gasteiger partial charge in [-0.2, -0.15) is 5.26 Å². The number of benzene rings is 6. The van der Waals surface area contributed by atoms with E-state index in [4.69, 9.17) is 31.4 Å². The highest BCUT2D eigenvalue weighted by atomic mass is 79.9. The van der Waals surface area contributed by atoms with Crippen LogP contribution in [0.4, 0.5) is 5.69 Å². The van der Waals surface area contributed by atoms with E-state index in [1.54, 1.807) is 24.3 Å². The Morgan fingerprint density at radius 2 is 1.18 bits per heavy atom. The van der Waals surface area contributed by atoms with Crippen molar-refractivity contribution in [1.29, 1.82) is 5.26 Å². The first-order chi connectivity index (χ1) is 29.0. The minimum Gasteiger partial charge on any atom is -0.486 e. The molecule has 0 amide bonds. The number of hydrogen-bond acceptors (Lipinski definition) is 7. The van der Waals surface area contributed by atoms with Gasteiger partial charge in [0.05, 0.1) is 42.2 Å². The quantitative estimate of drug-likeness (QED) is 0.132. The smallest absolute Gasteiger partial charge is 0.486 e. The predicted molar refractivity (Wildman–Crippen MR) is 235 cm³/mol. The van der Waals surface area contributed by atoms with Gasteiger partial charge in [0.1, 0.15) is 22.7 Å². The van der Waals surface area contributed by atoms with Crippen LogP contribution in [0, 0.1) is 17.9 Å². The molecular weight excluding hydrogens is 815 g/mol. The minimum atomic E-state index is -1.50. The molecule has 0 bridgehead atoms. The molecule has 2 unspecified atom stereocenters. The Morgan fingerprint density at radius 3 is 1.77 bits per heavy atom. The molecule has 0 radical (unpaired) electrons. The van der Waals surface area contributed by atoms with Crippen LogP contribution in [0.3, 0.4) is 0 Å². The van der Waals surface area contributed by atoms with Gasteiger partial charge < -0.3 is 19.5 Å². The summed E-state index contributed by atoms with van der Waals surface area (Å²) in [7, 11) is -1.50. The number of ether oxygens (including phenoxy) is 2. The summed E-state index contributed by atoms with van der Waals surface area (Å²) in [6.45, 7) is 7.20. The van der Waals surface area contributed by atoms with Gasteiger partial charge in [-0.15, -0.1) is 0 Å². The molecule has 2 spiro atoms.